The Morgan fingerprint density at radius 1 is 1.13 bits per heavy atom. The number of aromatic nitrogens is 5. The lowest BCUT2D eigenvalue weighted by Gasteiger charge is -2.07. The number of carbonyl (C=O) groups excluding carboxylic acids is 1. The summed E-state index contributed by atoms with van der Waals surface area (Å²) in [6.07, 6.45) is 4.00. The van der Waals surface area contributed by atoms with Crippen molar-refractivity contribution >= 4 is 51.0 Å². The largest absolute Gasteiger partial charge is 0.325 e. The standard InChI is InChI=1S/C21H18N6OS3/c1-2-27-19(17-4-3-10-29-17)24-25-21(27)31-13-18(28)22-15-7-5-14(6-8-15)16-12-26-9-11-30-20(26)23-16/h3-12H,2,13H2,1H3,(H,22,28). The molecular formula is C21H18N6OS3. The summed E-state index contributed by atoms with van der Waals surface area (Å²) in [5.41, 5.74) is 2.69. The number of imidazole rings is 1. The topological polar surface area (TPSA) is 77.1 Å². The summed E-state index contributed by atoms with van der Waals surface area (Å²) in [6, 6.07) is 11.8. The molecule has 0 aliphatic heterocycles. The minimum Gasteiger partial charge on any atom is -0.325 e. The molecule has 156 valence electrons. The predicted octanol–water partition coefficient (Wildman–Crippen LogP) is 5.13. The summed E-state index contributed by atoms with van der Waals surface area (Å²) >= 11 is 4.62. The van der Waals surface area contributed by atoms with Crippen molar-refractivity contribution < 1.29 is 4.79 Å². The van der Waals surface area contributed by atoms with Gasteiger partial charge >= 0.3 is 0 Å². The minimum atomic E-state index is -0.0800. The molecule has 4 aromatic heterocycles. The molecule has 0 unspecified atom stereocenters. The van der Waals surface area contributed by atoms with E-state index in [0.29, 0.717) is 0 Å². The van der Waals surface area contributed by atoms with Crippen LogP contribution < -0.4 is 5.32 Å². The molecule has 0 saturated heterocycles. The van der Waals surface area contributed by atoms with E-state index in [1.165, 1.54) is 11.8 Å². The molecular weight excluding hydrogens is 448 g/mol. The quantitative estimate of drug-likeness (QED) is 0.336. The molecule has 4 heterocycles. The fourth-order valence-electron chi connectivity index (χ4n) is 3.19. The molecule has 1 N–H and O–H groups in total. The Bertz CT molecular complexity index is 1290. The summed E-state index contributed by atoms with van der Waals surface area (Å²) < 4.78 is 4.04. The molecule has 7 nitrogen and oxygen atoms in total. The van der Waals surface area contributed by atoms with Crippen LogP contribution >= 0.6 is 34.4 Å². The van der Waals surface area contributed by atoms with Gasteiger partial charge in [-0.15, -0.1) is 32.9 Å². The number of thioether (sulfide) groups is 1. The average Bonchev–Trinajstić information content (AvgIpc) is 3.56. The molecule has 0 bridgehead atoms. The molecule has 0 spiro atoms. The fourth-order valence-corrected chi connectivity index (χ4v) is 5.41. The molecule has 0 saturated carbocycles. The summed E-state index contributed by atoms with van der Waals surface area (Å²) in [7, 11) is 0. The molecule has 0 aliphatic carbocycles. The smallest absolute Gasteiger partial charge is 0.234 e. The Morgan fingerprint density at radius 2 is 2.00 bits per heavy atom. The highest BCUT2D eigenvalue weighted by atomic mass is 32.2. The third-order valence-electron chi connectivity index (χ3n) is 4.66. The van der Waals surface area contributed by atoms with Gasteiger partial charge in [-0.3, -0.25) is 9.20 Å². The predicted molar refractivity (Wildman–Crippen MR) is 127 cm³/mol. The summed E-state index contributed by atoms with van der Waals surface area (Å²) in [4.78, 5) is 19.1. The molecule has 31 heavy (non-hydrogen) atoms. The monoisotopic (exact) mass is 466 g/mol. The number of benzene rings is 1. The van der Waals surface area contributed by atoms with Gasteiger partial charge in [0, 0.05) is 35.6 Å². The lowest BCUT2D eigenvalue weighted by molar-refractivity contribution is -0.113. The van der Waals surface area contributed by atoms with E-state index in [2.05, 4.69) is 27.4 Å². The summed E-state index contributed by atoms with van der Waals surface area (Å²) in [5.74, 6) is 1.03. The lowest BCUT2D eigenvalue weighted by atomic mass is 10.1. The lowest BCUT2D eigenvalue weighted by Crippen LogP contribution is -2.14. The van der Waals surface area contributed by atoms with Crippen molar-refractivity contribution in [3.8, 4) is 22.0 Å². The maximum atomic E-state index is 12.5. The number of anilines is 1. The van der Waals surface area contributed by atoms with E-state index in [4.69, 9.17) is 0 Å². The summed E-state index contributed by atoms with van der Waals surface area (Å²) in [5, 5.41) is 16.3. The number of amides is 1. The van der Waals surface area contributed by atoms with Gasteiger partial charge < -0.3 is 9.88 Å². The van der Waals surface area contributed by atoms with Crippen LogP contribution in [0.1, 0.15) is 6.92 Å². The molecule has 10 heteroatoms. The first-order valence-corrected chi connectivity index (χ1v) is 12.4. The Kier molecular flexibility index (Phi) is 5.58. The average molecular weight is 467 g/mol. The van der Waals surface area contributed by atoms with Gasteiger partial charge in [0.15, 0.2) is 15.9 Å². The molecule has 1 aromatic carbocycles. The van der Waals surface area contributed by atoms with Crippen LogP contribution in [0.4, 0.5) is 5.69 Å². The molecule has 0 aliphatic rings. The first-order chi connectivity index (χ1) is 15.2. The van der Waals surface area contributed by atoms with Crippen LogP contribution in [0, 0.1) is 0 Å². The third kappa shape index (κ3) is 4.14. The van der Waals surface area contributed by atoms with Crippen molar-refractivity contribution in [2.75, 3.05) is 11.1 Å². The van der Waals surface area contributed by atoms with Gasteiger partial charge in [-0.1, -0.05) is 30.0 Å². The van der Waals surface area contributed by atoms with Gasteiger partial charge in [-0.05, 0) is 30.5 Å². The number of hydrogen-bond donors (Lipinski definition) is 1. The van der Waals surface area contributed by atoms with Crippen LogP contribution in [0.2, 0.25) is 0 Å². The SMILES string of the molecule is CCn1c(SCC(=O)Nc2ccc(-c3cn4ccsc4n3)cc2)nnc1-c1cccs1. The molecule has 0 radical (unpaired) electrons. The van der Waals surface area contributed by atoms with E-state index >= 15 is 0 Å². The van der Waals surface area contributed by atoms with Crippen LogP contribution in [0.5, 0.6) is 0 Å². The minimum absolute atomic E-state index is 0.0800. The molecule has 5 rings (SSSR count). The number of hydrogen-bond acceptors (Lipinski definition) is 7. The van der Waals surface area contributed by atoms with Crippen molar-refractivity contribution in [1.82, 2.24) is 24.1 Å². The first kappa shape index (κ1) is 20.0. The summed E-state index contributed by atoms with van der Waals surface area (Å²) in [6.45, 7) is 2.80. The fraction of sp³-hybridized carbons (Fsp3) is 0.143. The number of nitrogens with one attached hydrogen (secondary N) is 1. The van der Waals surface area contributed by atoms with Gasteiger partial charge in [0.25, 0.3) is 0 Å². The van der Waals surface area contributed by atoms with Gasteiger partial charge in [0.05, 0.1) is 16.3 Å². The zero-order chi connectivity index (χ0) is 21.2. The van der Waals surface area contributed by atoms with Gasteiger partial charge in [-0.2, -0.15) is 0 Å². The molecule has 5 aromatic rings. The van der Waals surface area contributed by atoms with Crippen molar-refractivity contribution in [3.05, 3.63) is 59.6 Å². The van der Waals surface area contributed by atoms with Gasteiger partial charge in [0.1, 0.15) is 0 Å². The Hall–Kier alpha value is -2.95. The van der Waals surface area contributed by atoms with Gasteiger partial charge in [-0.25, -0.2) is 4.98 Å². The van der Waals surface area contributed by atoms with Crippen molar-refractivity contribution in [2.24, 2.45) is 0 Å². The zero-order valence-electron chi connectivity index (χ0n) is 16.6. The molecule has 0 atom stereocenters. The highest BCUT2D eigenvalue weighted by Gasteiger charge is 2.15. The van der Waals surface area contributed by atoms with Gasteiger partial charge in [0.2, 0.25) is 5.91 Å². The number of carbonyl (C=O) groups is 1. The van der Waals surface area contributed by atoms with E-state index in [9.17, 15) is 4.79 Å². The van der Waals surface area contributed by atoms with Crippen LogP contribution in [-0.4, -0.2) is 35.8 Å². The number of nitrogens with zero attached hydrogens (tertiary/aromatic N) is 5. The third-order valence-corrected chi connectivity index (χ3v) is 7.27. The van der Waals surface area contributed by atoms with Crippen molar-refractivity contribution in [1.29, 1.82) is 0 Å². The number of thiazole rings is 1. The highest BCUT2D eigenvalue weighted by molar-refractivity contribution is 7.99. The van der Waals surface area contributed by atoms with E-state index in [1.807, 2.05) is 68.5 Å². The maximum Gasteiger partial charge on any atom is 0.234 e. The Morgan fingerprint density at radius 3 is 2.74 bits per heavy atom. The second kappa shape index (κ2) is 8.66. The van der Waals surface area contributed by atoms with Crippen LogP contribution in [-0.2, 0) is 11.3 Å². The van der Waals surface area contributed by atoms with Crippen molar-refractivity contribution in [3.63, 3.8) is 0 Å². The molecule has 1 amide bonds. The Labute approximate surface area is 190 Å². The first-order valence-electron chi connectivity index (χ1n) is 9.63. The van der Waals surface area contributed by atoms with Crippen LogP contribution in [0.3, 0.4) is 0 Å². The normalized spacial score (nSPS) is 11.3. The van der Waals surface area contributed by atoms with Crippen LogP contribution in [0.15, 0.2) is 64.7 Å². The van der Waals surface area contributed by atoms with E-state index in [-0.39, 0.29) is 11.7 Å². The number of thiophene rings is 1. The zero-order valence-corrected chi connectivity index (χ0v) is 19.0. The van der Waals surface area contributed by atoms with Crippen molar-refractivity contribution in [2.45, 2.75) is 18.6 Å². The Balaban J connectivity index is 1.21. The second-order valence-electron chi connectivity index (χ2n) is 6.66. The van der Waals surface area contributed by atoms with Crippen LogP contribution in [0.25, 0.3) is 26.9 Å². The second-order valence-corrected chi connectivity index (χ2v) is 9.42. The maximum absolute atomic E-state index is 12.5. The number of fused-ring (bicyclic) bond motifs is 1. The van der Waals surface area contributed by atoms with E-state index in [0.717, 1.165) is 44.3 Å². The van der Waals surface area contributed by atoms with E-state index in [1.54, 1.807) is 22.7 Å². The van der Waals surface area contributed by atoms with E-state index < -0.39 is 0 Å². The highest BCUT2D eigenvalue weighted by Crippen LogP contribution is 2.27. The molecule has 0 fully saturated rings. The number of rotatable bonds is 7.